The van der Waals surface area contributed by atoms with Crippen LogP contribution in [0.3, 0.4) is 0 Å². The smallest absolute Gasteiger partial charge is 0.0311 e. The van der Waals surface area contributed by atoms with Crippen molar-refractivity contribution < 1.29 is 0 Å². The van der Waals surface area contributed by atoms with Gasteiger partial charge in [0.25, 0.3) is 0 Å². The van der Waals surface area contributed by atoms with Crippen LogP contribution in [0, 0.1) is 0 Å². The minimum Gasteiger partial charge on any atom is -0.142 e. The predicted molar refractivity (Wildman–Crippen MR) is 54.0 cm³/mol. The lowest BCUT2D eigenvalue weighted by molar-refractivity contribution is 1.33. The Hall–Kier alpha value is 0.530. The van der Waals surface area contributed by atoms with Crippen LogP contribution in [0.25, 0.3) is 0 Å². The molecule has 0 nitrogen and oxygen atoms in total. The molecule has 0 saturated carbocycles. The molecule has 0 unspecified atom stereocenters. The molecular weight excluding hydrogens is 276 g/mol. The maximum Gasteiger partial charge on any atom is 0.0311 e. The molecule has 0 aliphatic heterocycles. The normalized spacial score (nSPS) is 9.90. The molecular formula is C7H6Br2S. The summed E-state index contributed by atoms with van der Waals surface area (Å²) < 4.78 is 1.05. The third-order valence-corrected chi connectivity index (χ3v) is 3.17. The lowest BCUT2D eigenvalue weighted by Gasteiger charge is -1.98. The molecule has 0 amide bonds. The van der Waals surface area contributed by atoms with E-state index in [1.54, 1.807) is 0 Å². The first-order valence-electron chi connectivity index (χ1n) is 2.77. The summed E-state index contributed by atoms with van der Waals surface area (Å²) >= 11 is 11.0. The highest BCUT2D eigenvalue weighted by Gasteiger charge is 1.95. The minimum absolute atomic E-state index is 0.889. The molecule has 1 aromatic carbocycles. The molecule has 0 saturated heterocycles. The van der Waals surface area contributed by atoms with Gasteiger partial charge in [0.1, 0.15) is 0 Å². The Bertz CT molecular complexity index is 235. The van der Waals surface area contributed by atoms with Gasteiger partial charge in [0.2, 0.25) is 0 Å². The molecule has 0 aliphatic rings. The van der Waals surface area contributed by atoms with E-state index in [0.29, 0.717) is 0 Å². The minimum atomic E-state index is 0.889. The summed E-state index contributed by atoms with van der Waals surface area (Å²) in [5.74, 6) is 0. The Labute approximate surface area is 82.7 Å². The molecule has 0 bridgehead atoms. The first-order chi connectivity index (χ1) is 4.74. The van der Waals surface area contributed by atoms with Crippen molar-refractivity contribution in [3.63, 3.8) is 0 Å². The fourth-order valence-electron chi connectivity index (χ4n) is 0.634. The van der Waals surface area contributed by atoms with Gasteiger partial charge in [-0.2, -0.15) is 0 Å². The molecule has 0 spiro atoms. The van der Waals surface area contributed by atoms with Crippen molar-refractivity contribution in [2.24, 2.45) is 0 Å². The van der Waals surface area contributed by atoms with E-state index in [2.05, 4.69) is 50.6 Å². The second kappa shape index (κ2) is 3.79. The van der Waals surface area contributed by atoms with Crippen molar-refractivity contribution in [1.29, 1.82) is 0 Å². The Morgan fingerprint density at radius 2 is 2.10 bits per heavy atom. The zero-order chi connectivity index (χ0) is 7.56. The van der Waals surface area contributed by atoms with Gasteiger partial charge in [-0.1, -0.05) is 22.0 Å². The average molecular weight is 282 g/mol. The number of hydrogen-bond donors (Lipinski definition) is 1. The van der Waals surface area contributed by atoms with Crippen LogP contribution in [0.2, 0.25) is 0 Å². The quantitative estimate of drug-likeness (QED) is 0.590. The number of rotatable bonds is 1. The van der Waals surface area contributed by atoms with E-state index in [0.717, 1.165) is 14.7 Å². The molecule has 3 heteroatoms. The van der Waals surface area contributed by atoms with E-state index in [9.17, 15) is 0 Å². The SMILES string of the molecule is Sc1ccc(CBr)cc1Br. The van der Waals surface area contributed by atoms with E-state index in [4.69, 9.17) is 0 Å². The third kappa shape index (κ3) is 2.01. The number of thiol groups is 1. The molecule has 1 aromatic rings. The molecule has 10 heavy (non-hydrogen) atoms. The van der Waals surface area contributed by atoms with Gasteiger partial charge >= 0.3 is 0 Å². The van der Waals surface area contributed by atoms with Crippen LogP contribution < -0.4 is 0 Å². The van der Waals surface area contributed by atoms with Crippen molar-refractivity contribution in [2.45, 2.75) is 10.2 Å². The molecule has 1 rings (SSSR count). The van der Waals surface area contributed by atoms with Crippen LogP contribution in [0.4, 0.5) is 0 Å². The molecule has 0 N–H and O–H groups in total. The fraction of sp³-hybridized carbons (Fsp3) is 0.143. The Kier molecular flexibility index (Phi) is 3.27. The van der Waals surface area contributed by atoms with Crippen molar-refractivity contribution in [3.8, 4) is 0 Å². The molecule has 0 radical (unpaired) electrons. The van der Waals surface area contributed by atoms with Crippen LogP contribution in [-0.4, -0.2) is 0 Å². The van der Waals surface area contributed by atoms with Crippen LogP contribution >= 0.6 is 44.5 Å². The van der Waals surface area contributed by atoms with E-state index < -0.39 is 0 Å². The maximum absolute atomic E-state index is 4.22. The Morgan fingerprint density at radius 3 is 2.60 bits per heavy atom. The highest BCUT2D eigenvalue weighted by Crippen LogP contribution is 2.22. The molecule has 0 aliphatic carbocycles. The zero-order valence-electron chi connectivity index (χ0n) is 5.14. The van der Waals surface area contributed by atoms with Crippen LogP contribution in [0.15, 0.2) is 27.6 Å². The van der Waals surface area contributed by atoms with Crippen molar-refractivity contribution in [2.75, 3.05) is 0 Å². The second-order valence-corrected chi connectivity index (χ2v) is 3.82. The lowest BCUT2D eigenvalue weighted by Crippen LogP contribution is -1.77. The standard InChI is InChI=1S/C7H6Br2S/c8-4-5-1-2-7(10)6(9)3-5/h1-3,10H,4H2. The van der Waals surface area contributed by atoms with Gasteiger partial charge in [0.15, 0.2) is 0 Å². The van der Waals surface area contributed by atoms with Gasteiger partial charge in [-0.05, 0) is 33.6 Å². The number of alkyl halides is 1. The van der Waals surface area contributed by atoms with Crippen molar-refractivity contribution in [1.82, 2.24) is 0 Å². The molecule has 0 atom stereocenters. The van der Waals surface area contributed by atoms with Crippen molar-refractivity contribution in [3.05, 3.63) is 28.2 Å². The van der Waals surface area contributed by atoms with E-state index in [1.165, 1.54) is 5.56 Å². The third-order valence-electron chi connectivity index (χ3n) is 1.17. The maximum atomic E-state index is 4.22. The zero-order valence-corrected chi connectivity index (χ0v) is 9.21. The predicted octanol–water partition coefficient (Wildman–Crippen LogP) is 3.63. The highest BCUT2D eigenvalue weighted by molar-refractivity contribution is 9.10. The summed E-state index contributed by atoms with van der Waals surface area (Å²) in [6.45, 7) is 0. The molecule has 0 fully saturated rings. The molecule has 0 aromatic heterocycles. The van der Waals surface area contributed by atoms with E-state index in [1.807, 2.05) is 12.1 Å². The summed E-state index contributed by atoms with van der Waals surface area (Å²) in [6, 6.07) is 6.07. The van der Waals surface area contributed by atoms with Crippen LogP contribution in [0.5, 0.6) is 0 Å². The van der Waals surface area contributed by atoms with E-state index in [-0.39, 0.29) is 0 Å². The first-order valence-corrected chi connectivity index (χ1v) is 5.13. The average Bonchev–Trinajstić information content (AvgIpc) is 1.95. The van der Waals surface area contributed by atoms with Gasteiger partial charge in [-0.3, -0.25) is 0 Å². The summed E-state index contributed by atoms with van der Waals surface area (Å²) in [7, 11) is 0. The topological polar surface area (TPSA) is 0 Å². The van der Waals surface area contributed by atoms with Gasteiger partial charge in [-0.25, -0.2) is 0 Å². The summed E-state index contributed by atoms with van der Waals surface area (Å²) in [5.41, 5.74) is 1.25. The van der Waals surface area contributed by atoms with Crippen molar-refractivity contribution >= 4 is 44.5 Å². The monoisotopic (exact) mass is 280 g/mol. The van der Waals surface area contributed by atoms with Gasteiger partial charge in [0.05, 0.1) is 0 Å². The summed E-state index contributed by atoms with van der Waals surface area (Å²) in [4.78, 5) is 0.977. The number of benzene rings is 1. The largest absolute Gasteiger partial charge is 0.142 e. The fourth-order valence-corrected chi connectivity index (χ4v) is 1.55. The lowest BCUT2D eigenvalue weighted by atomic mass is 10.2. The molecule has 0 heterocycles. The molecule has 54 valence electrons. The van der Waals surface area contributed by atoms with E-state index >= 15 is 0 Å². The summed E-state index contributed by atoms with van der Waals surface area (Å²) in [6.07, 6.45) is 0. The Balaban J connectivity index is 3.04. The van der Waals surface area contributed by atoms with Gasteiger partial charge in [-0.15, -0.1) is 12.6 Å². The number of halogens is 2. The Morgan fingerprint density at radius 1 is 1.40 bits per heavy atom. The second-order valence-electron chi connectivity index (χ2n) is 1.92. The van der Waals surface area contributed by atoms with Crippen LogP contribution in [0.1, 0.15) is 5.56 Å². The van der Waals surface area contributed by atoms with Gasteiger partial charge < -0.3 is 0 Å². The summed E-state index contributed by atoms with van der Waals surface area (Å²) in [5, 5.41) is 0.889. The first kappa shape index (κ1) is 8.62. The van der Waals surface area contributed by atoms with Crippen LogP contribution in [-0.2, 0) is 5.33 Å². The highest BCUT2D eigenvalue weighted by atomic mass is 79.9. The number of hydrogen-bond acceptors (Lipinski definition) is 1. The van der Waals surface area contributed by atoms with Gasteiger partial charge in [0, 0.05) is 14.7 Å².